The Morgan fingerprint density at radius 3 is 3.00 bits per heavy atom. The molecule has 0 aromatic carbocycles. The summed E-state index contributed by atoms with van der Waals surface area (Å²) in [5, 5.41) is 5.70. The van der Waals surface area contributed by atoms with Crippen molar-refractivity contribution in [3.8, 4) is 0 Å². The van der Waals surface area contributed by atoms with Crippen molar-refractivity contribution >= 4 is 11.6 Å². The monoisotopic (exact) mass is 249 g/mol. The summed E-state index contributed by atoms with van der Waals surface area (Å²) < 4.78 is 5.36. The third-order valence-electron chi connectivity index (χ3n) is 2.14. The minimum absolute atomic E-state index is 0.197. The van der Waals surface area contributed by atoms with Crippen LogP contribution in [0.4, 0.5) is 5.69 Å². The van der Waals surface area contributed by atoms with E-state index in [1.807, 2.05) is 13.0 Å². The maximum absolute atomic E-state index is 11.4. The van der Waals surface area contributed by atoms with Crippen LogP contribution in [-0.4, -0.2) is 37.7 Å². The van der Waals surface area contributed by atoms with Crippen molar-refractivity contribution < 1.29 is 9.53 Å². The Morgan fingerprint density at radius 1 is 1.56 bits per heavy atom. The molecular weight excluding hydrogens is 230 g/mol. The predicted molar refractivity (Wildman–Crippen MR) is 71.7 cm³/mol. The predicted octanol–water partition coefficient (Wildman–Crippen LogP) is 1.45. The van der Waals surface area contributed by atoms with Crippen molar-refractivity contribution in [3.05, 3.63) is 36.2 Å². The second-order valence-electron chi connectivity index (χ2n) is 3.95. The number of pyridine rings is 1. The maximum Gasteiger partial charge on any atom is 0.269 e. The van der Waals surface area contributed by atoms with Crippen LogP contribution in [0, 0.1) is 0 Å². The summed E-state index contributed by atoms with van der Waals surface area (Å²) in [6.07, 6.45) is 1.60. The molecule has 1 amide bonds. The van der Waals surface area contributed by atoms with E-state index in [-0.39, 0.29) is 5.91 Å². The molecule has 2 N–H and O–H groups in total. The van der Waals surface area contributed by atoms with Crippen LogP contribution in [0.1, 0.15) is 17.4 Å². The Labute approximate surface area is 107 Å². The van der Waals surface area contributed by atoms with Crippen LogP contribution in [0.5, 0.6) is 0 Å². The van der Waals surface area contributed by atoms with Crippen LogP contribution in [-0.2, 0) is 4.74 Å². The first-order valence-electron chi connectivity index (χ1n) is 5.77. The van der Waals surface area contributed by atoms with Gasteiger partial charge in [0.2, 0.25) is 0 Å². The van der Waals surface area contributed by atoms with E-state index in [0.29, 0.717) is 25.5 Å². The summed E-state index contributed by atoms with van der Waals surface area (Å²) in [6.45, 7) is 7.51. The maximum atomic E-state index is 11.4. The van der Waals surface area contributed by atoms with Crippen molar-refractivity contribution in [2.45, 2.75) is 6.92 Å². The number of nitrogens with one attached hydrogen (secondary N) is 2. The zero-order valence-corrected chi connectivity index (χ0v) is 10.8. The Balaban J connectivity index is 2.38. The molecule has 0 spiro atoms. The second kappa shape index (κ2) is 7.45. The molecule has 0 fully saturated rings. The normalized spacial score (nSPS) is 9.89. The summed E-state index contributed by atoms with van der Waals surface area (Å²) in [7, 11) is 1.58. The van der Waals surface area contributed by atoms with Gasteiger partial charge < -0.3 is 15.4 Å². The number of aromatic nitrogens is 1. The van der Waals surface area contributed by atoms with Crippen molar-refractivity contribution in [2.75, 3.05) is 32.1 Å². The second-order valence-corrected chi connectivity index (χ2v) is 3.95. The Kier molecular flexibility index (Phi) is 5.87. The number of anilines is 1. The number of hydrogen-bond acceptors (Lipinski definition) is 4. The average Bonchev–Trinajstić information content (AvgIpc) is 2.37. The number of hydrogen-bond donors (Lipinski definition) is 2. The fourth-order valence-corrected chi connectivity index (χ4v) is 1.31. The van der Waals surface area contributed by atoms with Gasteiger partial charge in [0.05, 0.1) is 13.2 Å². The van der Waals surface area contributed by atoms with Gasteiger partial charge in [0, 0.05) is 25.5 Å². The number of carbonyl (C=O) groups is 1. The van der Waals surface area contributed by atoms with Gasteiger partial charge in [0.25, 0.3) is 5.91 Å². The first-order chi connectivity index (χ1) is 8.63. The SMILES string of the molecule is C=C(C)COCCNc1ccnc(C(=O)NC)c1. The molecule has 0 bridgehead atoms. The Morgan fingerprint density at radius 2 is 2.33 bits per heavy atom. The number of carbonyl (C=O) groups excluding carboxylic acids is 1. The zero-order valence-electron chi connectivity index (χ0n) is 10.8. The van der Waals surface area contributed by atoms with E-state index < -0.39 is 0 Å². The van der Waals surface area contributed by atoms with Gasteiger partial charge in [-0.15, -0.1) is 0 Å². The van der Waals surface area contributed by atoms with Crippen LogP contribution in [0.15, 0.2) is 30.5 Å². The van der Waals surface area contributed by atoms with Gasteiger partial charge in [-0.3, -0.25) is 9.78 Å². The smallest absolute Gasteiger partial charge is 0.269 e. The lowest BCUT2D eigenvalue weighted by Crippen LogP contribution is -2.19. The van der Waals surface area contributed by atoms with E-state index in [2.05, 4.69) is 22.2 Å². The molecule has 1 aromatic heterocycles. The number of rotatable bonds is 7. The topological polar surface area (TPSA) is 63.2 Å². The largest absolute Gasteiger partial charge is 0.383 e. The molecule has 18 heavy (non-hydrogen) atoms. The third kappa shape index (κ3) is 4.97. The van der Waals surface area contributed by atoms with Gasteiger partial charge >= 0.3 is 0 Å². The molecule has 0 atom stereocenters. The highest BCUT2D eigenvalue weighted by Crippen LogP contribution is 2.07. The minimum Gasteiger partial charge on any atom is -0.383 e. The van der Waals surface area contributed by atoms with E-state index in [0.717, 1.165) is 11.3 Å². The van der Waals surface area contributed by atoms with Crippen molar-refractivity contribution in [2.24, 2.45) is 0 Å². The highest BCUT2D eigenvalue weighted by atomic mass is 16.5. The number of nitrogens with zero attached hydrogens (tertiary/aromatic N) is 1. The van der Waals surface area contributed by atoms with Gasteiger partial charge in [0.1, 0.15) is 5.69 Å². The van der Waals surface area contributed by atoms with Gasteiger partial charge in [-0.1, -0.05) is 12.2 Å². The number of ether oxygens (including phenoxy) is 1. The van der Waals surface area contributed by atoms with Gasteiger partial charge in [-0.2, -0.15) is 0 Å². The van der Waals surface area contributed by atoms with Crippen LogP contribution in [0.3, 0.4) is 0 Å². The molecule has 5 nitrogen and oxygen atoms in total. The lowest BCUT2D eigenvalue weighted by molar-refractivity contribution is 0.0958. The molecule has 0 unspecified atom stereocenters. The molecule has 1 rings (SSSR count). The standard InChI is InChI=1S/C13H19N3O2/c1-10(2)9-18-7-6-15-11-4-5-16-12(8-11)13(17)14-3/h4-5,8H,1,6-7,9H2,2-3H3,(H,14,17)(H,15,16). The van der Waals surface area contributed by atoms with Crippen molar-refractivity contribution in [1.29, 1.82) is 0 Å². The fraction of sp³-hybridized carbons (Fsp3) is 0.385. The molecule has 0 aliphatic rings. The van der Waals surface area contributed by atoms with Crippen LogP contribution in [0.25, 0.3) is 0 Å². The van der Waals surface area contributed by atoms with E-state index in [1.165, 1.54) is 0 Å². The van der Waals surface area contributed by atoms with E-state index in [9.17, 15) is 4.79 Å². The first-order valence-corrected chi connectivity index (χ1v) is 5.77. The molecular formula is C13H19N3O2. The molecule has 1 aromatic rings. The average molecular weight is 249 g/mol. The summed E-state index contributed by atoms with van der Waals surface area (Å²) in [4.78, 5) is 15.4. The lowest BCUT2D eigenvalue weighted by Gasteiger charge is -2.08. The van der Waals surface area contributed by atoms with E-state index >= 15 is 0 Å². The van der Waals surface area contributed by atoms with Gasteiger partial charge in [0.15, 0.2) is 0 Å². The molecule has 98 valence electrons. The van der Waals surface area contributed by atoms with Crippen LogP contribution >= 0.6 is 0 Å². The molecule has 0 saturated heterocycles. The van der Waals surface area contributed by atoms with Gasteiger partial charge in [-0.05, 0) is 19.1 Å². The Hall–Kier alpha value is -1.88. The van der Waals surface area contributed by atoms with Crippen molar-refractivity contribution in [1.82, 2.24) is 10.3 Å². The van der Waals surface area contributed by atoms with Gasteiger partial charge in [-0.25, -0.2) is 0 Å². The van der Waals surface area contributed by atoms with Crippen molar-refractivity contribution in [3.63, 3.8) is 0 Å². The summed E-state index contributed by atoms with van der Waals surface area (Å²) in [5.41, 5.74) is 2.24. The molecule has 0 aliphatic carbocycles. The Bertz CT molecular complexity index is 418. The quantitative estimate of drug-likeness (QED) is 0.567. The molecule has 0 saturated carbocycles. The highest BCUT2D eigenvalue weighted by Gasteiger charge is 2.04. The lowest BCUT2D eigenvalue weighted by atomic mass is 10.3. The summed E-state index contributed by atoms with van der Waals surface area (Å²) >= 11 is 0. The number of amides is 1. The van der Waals surface area contributed by atoms with Crippen LogP contribution in [0.2, 0.25) is 0 Å². The molecule has 1 heterocycles. The molecule has 0 radical (unpaired) electrons. The fourth-order valence-electron chi connectivity index (χ4n) is 1.31. The highest BCUT2D eigenvalue weighted by molar-refractivity contribution is 5.92. The first kappa shape index (κ1) is 14.2. The minimum atomic E-state index is -0.197. The van der Waals surface area contributed by atoms with E-state index in [4.69, 9.17) is 4.74 Å². The van der Waals surface area contributed by atoms with E-state index in [1.54, 1.807) is 19.3 Å². The molecule has 0 aliphatic heterocycles. The third-order valence-corrected chi connectivity index (χ3v) is 2.14. The van der Waals surface area contributed by atoms with Crippen LogP contribution < -0.4 is 10.6 Å². The summed E-state index contributed by atoms with van der Waals surface area (Å²) in [5.74, 6) is -0.197. The summed E-state index contributed by atoms with van der Waals surface area (Å²) in [6, 6.07) is 3.52. The zero-order chi connectivity index (χ0) is 13.4. The molecule has 5 heteroatoms.